The third-order valence-corrected chi connectivity index (χ3v) is 3.02. The lowest BCUT2D eigenvalue weighted by molar-refractivity contribution is -0.124. The fourth-order valence-corrected chi connectivity index (χ4v) is 2.10. The van der Waals surface area contributed by atoms with Gasteiger partial charge in [0.1, 0.15) is 11.7 Å². The van der Waals surface area contributed by atoms with E-state index in [0.717, 1.165) is 6.42 Å². The van der Waals surface area contributed by atoms with Gasteiger partial charge in [-0.05, 0) is 25.0 Å². The normalized spacial score (nSPS) is 18.6. The summed E-state index contributed by atoms with van der Waals surface area (Å²) >= 11 is 5.80. The summed E-state index contributed by atoms with van der Waals surface area (Å²) in [5.74, 6) is -1.51. The largest absolute Gasteiger partial charge is 0.478 e. The van der Waals surface area contributed by atoms with Crippen molar-refractivity contribution >= 4 is 29.2 Å². The molecule has 0 bridgehead atoms. The average Bonchev–Trinajstić information content (AvgIpc) is 2.81. The maximum absolute atomic E-state index is 11.8. The van der Waals surface area contributed by atoms with Crippen molar-refractivity contribution in [1.29, 1.82) is 0 Å². The molecule has 1 amide bonds. The number of carbonyl (C=O) groups excluding carboxylic acids is 1. The van der Waals surface area contributed by atoms with Crippen LogP contribution < -0.4 is 5.32 Å². The Balaban J connectivity index is 2.20. The van der Waals surface area contributed by atoms with Crippen LogP contribution in [0.1, 0.15) is 23.2 Å². The molecule has 18 heavy (non-hydrogen) atoms. The van der Waals surface area contributed by atoms with Gasteiger partial charge < -0.3 is 15.2 Å². The molecule has 1 fully saturated rings. The summed E-state index contributed by atoms with van der Waals surface area (Å²) in [5, 5.41) is 11.7. The van der Waals surface area contributed by atoms with Crippen molar-refractivity contribution < 1.29 is 19.4 Å². The molecular formula is C12H12ClNO4. The summed E-state index contributed by atoms with van der Waals surface area (Å²) in [6.45, 7) is 0.555. The topological polar surface area (TPSA) is 75.6 Å². The Hall–Kier alpha value is -1.59. The molecule has 0 aromatic heterocycles. The number of nitrogens with one attached hydrogen (secondary N) is 1. The second-order valence-electron chi connectivity index (χ2n) is 3.96. The zero-order valence-corrected chi connectivity index (χ0v) is 10.2. The lowest BCUT2D eigenvalue weighted by Gasteiger charge is -2.12. The van der Waals surface area contributed by atoms with Gasteiger partial charge in [0.05, 0.1) is 10.7 Å². The fraction of sp³-hybridized carbons (Fsp3) is 0.333. The number of benzene rings is 1. The number of carbonyl (C=O) groups is 2. The second-order valence-corrected chi connectivity index (χ2v) is 4.37. The van der Waals surface area contributed by atoms with E-state index < -0.39 is 12.1 Å². The Labute approximate surface area is 109 Å². The fourth-order valence-electron chi connectivity index (χ4n) is 1.84. The van der Waals surface area contributed by atoms with Crippen LogP contribution in [0, 0.1) is 0 Å². The van der Waals surface area contributed by atoms with Crippen LogP contribution in [-0.4, -0.2) is 29.7 Å². The SMILES string of the molecule is O=C(O)c1c(Cl)cccc1NC(=O)[C@@H]1CCCO1. The molecule has 6 heteroatoms. The van der Waals surface area contributed by atoms with Gasteiger partial charge in [0, 0.05) is 6.61 Å². The van der Waals surface area contributed by atoms with Crippen LogP contribution in [-0.2, 0) is 9.53 Å². The quantitative estimate of drug-likeness (QED) is 0.882. The van der Waals surface area contributed by atoms with Crippen LogP contribution >= 0.6 is 11.6 Å². The predicted octanol–water partition coefficient (Wildman–Crippen LogP) is 2.16. The first-order valence-electron chi connectivity index (χ1n) is 5.54. The van der Waals surface area contributed by atoms with Gasteiger partial charge in [-0.3, -0.25) is 4.79 Å². The summed E-state index contributed by atoms with van der Waals surface area (Å²) in [5.41, 5.74) is 0.0843. The summed E-state index contributed by atoms with van der Waals surface area (Å²) in [6.07, 6.45) is 0.972. The van der Waals surface area contributed by atoms with Gasteiger partial charge in [0.2, 0.25) is 0 Å². The average molecular weight is 270 g/mol. The number of anilines is 1. The lowest BCUT2D eigenvalue weighted by Crippen LogP contribution is -2.27. The van der Waals surface area contributed by atoms with Gasteiger partial charge in [0.25, 0.3) is 5.91 Å². The first kappa shape index (κ1) is 12.9. The van der Waals surface area contributed by atoms with Crippen molar-refractivity contribution in [3.63, 3.8) is 0 Å². The Morgan fingerprint density at radius 2 is 2.22 bits per heavy atom. The van der Waals surface area contributed by atoms with E-state index in [1.807, 2.05) is 0 Å². The van der Waals surface area contributed by atoms with E-state index in [-0.39, 0.29) is 22.2 Å². The van der Waals surface area contributed by atoms with Gasteiger partial charge in [0.15, 0.2) is 0 Å². The van der Waals surface area contributed by atoms with Crippen LogP contribution in [0.4, 0.5) is 5.69 Å². The summed E-state index contributed by atoms with van der Waals surface area (Å²) in [6, 6.07) is 4.55. The van der Waals surface area contributed by atoms with Crippen molar-refractivity contribution in [2.75, 3.05) is 11.9 Å². The molecule has 0 aliphatic carbocycles. The van der Waals surface area contributed by atoms with Crippen LogP contribution in [0.15, 0.2) is 18.2 Å². The lowest BCUT2D eigenvalue weighted by atomic mass is 10.1. The third-order valence-electron chi connectivity index (χ3n) is 2.71. The van der Waals surface area contributed by atoms with E-state index in [2.05, 4.69) is 5.32 Å². The highest BCUT2D eigenvalue weighted by atomic mass is 35.5. The summed E-state index contributed by atoms with van der Waals surface area (Å²) in [7, 11) is 0. The number of carboxylic acid groups (broad SMARTS) is 1. The van der Waals surface area contributed by atoms with E-state index in [4.69, 9.17) is 21.4 Å². The van der Waals surface area contributed by atoms with Gasteiger partial charge >= 0.3 is 5.97 Å². The molecule has 0 saturated carbocycles. The smallest absolute Gasteiger partial charge is 0.339 e. The molecule has 2 N–H and O–H groups in total. The first-order valence-corrected chi connectivity index (χ1v) is 5.91. The highest BCUT2D eigenvalue weighted by Gasteiger charge is 2.25. The van der Waals surface area contributed by atoms with Crippen molar-refractivity contribution in [1.82, 2.24) is 0 Å². The molecule has 2 rings (SSSR count). The molecule has 5 nitrogen and oxygen atoms in total. The molecule has 0 unspecified atom stereocenters. The van der Waals surface area contributed by atoms with Crippen LogP contribution in [0.25, 0.3) is 0 Å². The number of carboxylic acids is 1. The molecule has 1 aromatic carbocycles. The van der Waals surface area contributed by atoms with Crippen molar-refractivity contribution in [3.05, 3.63) is 28.8 Å². The molecule has 1 heterocycles. The number of aromatic carboxylic acids is 1. The van der Waals surface area contributed by atoms with E-state index in [1.54, 1.807) is 6.07 Å². The molecule has 1 saturated heterocycles. The number of rotatable bonds is 3. The predicted molar refractivity (Wildman–Crippen MR) is 66.0 cm³/mol. The Kier molecular flexibility index (Phi) is 3.84. The maximum Gasteiger partial charge on any atom is 0.339 e. The number of halogens is 1. The third kappa shape index (κ3) is 2.63. The summed E-state index contributed by atoms with van der Waals surface area (Å²) < 4.78 is 5.23. The number of hydrogen-bond donors (Lipinski definition) is 2. The molecule has 1 atom stereocenters. The monoisotopic (exact) mass is 269 g/mol. The van der Waals surface area contributed by atoms with Gasteiger partial charge in [-0.25, -0.2) is 4.79 Å². The van der Waals surface area contributed by atoms with E-state index >= 15 is 0 Å². The highest BCUT2D eigenvalue weighted by molar-refractivity contribution is 6.34. The highest BCUT2D eigenvalue weighted by Crippen LogP contribution is 2.25. The number of amides is 1. The van der Waals surface area contributed by atoms with Crippen molar-refractivity contribution in [3.8, 4) is 0 Å². The van der Waals surface area contributed by atoms with E-state index in [9.17, 15) is 9.59 Å². The minimum atomic E-state index is -1.18. The molecule has 0 radical (unpaired) electrons. The second kappa shape index (κ2) is 5.37. The minimum absolute atomic E-state index is 0.0904. The zero-order chi connectivity index (χ0) is 13.1. The van der Waals surface area contributed by atoms with E-state index in [0.29, 0.717) is 13.0 Å². The van der Waals surface area contributed by atoms with Crippen LogP contribution in [0.2, 0.25) is 5.02 Å². The van der Waals surface area contributed by atoms with Crippen molar-refractivity contribution in [2.24, 2.45) is 0 Å². The first-order chi connectivity index (χ1) is 8.59. The molecule has 1 aliphatic heterocycles. The standard InChI is InChI=1S/C12H12ClNO4/c13-7-3-1-4-8(10(7)12(16)17)14-11(15)9-5-2-6-18-9/h1,3-4,9H,2,5-6H2,(H,14,15)(H,16,17)/t9-/m0/s1. The number of ether oxygens (including phenoxy) is 1. The van der Waals surface area contributed by atoms with Crippen molar-refractivity contribution in [2.45, 2.75) is 18.9 Å². The minimum Gasteiger partial charge on any atom is -0.478 e. The Morgan fingerprint density at radius 3 is 2.83 bits per heavy atom. The Bertz CT molecular complexity index is 483. The van der Waals surface area contributed by atoms with Crippen LogP contribution in [0.5, 0.6) is 0 Å². The van der Waals surface area contributed by atoms with E-state index in [1.165, 1.54) is 12.1 Å². The summed E-state index contributed by atoms with van der Waals surface area (Å²) in [4.78, 5) is 22.9. The molecule has 96 valence electrons. The number of hydrogen-bond acceptors (Lipinski definition) is 3. The molecule has 1 aliphatic rings. The van der Waals surface area contributed by atoms with Crippen LogP contribution in [0.3, 0.4) is 0 Å². The Morgan fingerprint density at radius 1 is 1.44 bits per heavy atom. The molecule has 1 aromatic rings. The molecular weight excluding hydrogens is 258 g/mol. The van der Waals surface area contributed by atoms with Gasteiger partial charge in [-0.1, -0.05) is 17.7 Å². The molecule has 0 spiro atoms. The van der Waals surface area contributed by atoms with Gasteiger partial charge in [-0.2, -0.15) is 0 Å². The zero-order valence-electron chi connectivity index (χ0n) is 9.48. The van der Waals surface area contributed by atoms with Gasteiger partial charge in [-0.15, -0.1) is 0 Å². The maximum atomic E-state index is 11.8.